The highest BCUT2D eigenvalue weighted by Gasteiger charge is 2.04. The molecule has 0 saturated carbocycles. The van der Waals surface area contributed by atoms with E-state index in [-0.39, 0.29) is 39.1 Å². The Morgan fingerprint density at radius 1 is 1.00 bits per heavy atom. The highest BCUT2D eigenvalue weighted by Crippen LogP contribution is 1.92. The zero-order chi connectivity index (χ0) is 13.1. The van der Waals surface area contributed by atoms with Gasteiger partial charge in [0, 0.05) is 0 Å². The van der Waals surface area contributed by atoms with Crippen molar-refractivity contribution in [1.82, 2.24) is 0 Å². The van der Waals surface area contributed by atoms with E-state index < -0.39 is 12.3 Å². The molecule has 2 N–H and O–H groups in total. The quantitative estimate of drug-likeness (QED) is 0.457. The van der Waals surface area contributed by atoms with E-state index in [1.54, 1.807) is 6.92 Å². The van der Waals surface area contributed by atoms with Crippen LogP contribution in [0.4, 0.5) is 9.59 Å². The van der Waals surface area contributed by atoms with E-state index in [2.05, 4.69) is 9.47 Å². The molecule has 17 heavy (non-hydrogen) atoms. The molecule has 0 radical (unpaired) electrons. The molecule has 100 valence electrons. The molecule has 0 aromatic carbocycles. The first-order valence-electron chi connectivity index (χ1n) is 4.93. The van der Waals surface area contributed by atoms with Crippen LogP contribution in [-0.4, -0.2) is 61.7 Å². The summed E-state index contributed by atoms with van der Waals surface area (Å²) in [5.41, 5.74) is 0. The lowest BCUT2D eigenvalue weighted by Gasteiger charge is -2.12. The Labute approximate surface area is 98.0 Å². The summed E-state index contributed by atoms with van der Waals surface area (Å²) in [5, 5.41) is 16.3. The third-order valence-corrected chi connectivity index (χ3v) is 1.52. The van der Waals surface area contributed by atoms with Crippen molar-refractivity contribution in [2.24, 2.45) is 0 Å². The minimum absolute atomic E-state index is 0.0375. The average Bonchev–Trinajstić information content (AvgIpc) is 2.23. The van der Waals surface area contributed by atoms with Gasteiger partial charge in [-0.1, -0.05) is 0 Å². The highest BCUT2D eigenvalue weighted by molar-refractivity contribution is 5.56. The van der Waals surface area contributed by atoms with E-state index in [0.717, 1.165) is 0 Å². The third-order valence-electron chi connectivity index (χ3n) is 1.52. The molecule has 0 aromatic heterocycles. The summed E-state index contributed by atoms with van der Waals surface area (Å²) in [6, 6.07) is 0. The molecule has 0 heterocycles. The van der Waals surface area contributed by atoms with Crippen molar-refractivity contribution in [2.75, 3.05) is 33.0 Å². The summed E-state index contributed by atoms with van der Waals surface area (Å²) in [5.74, 6) is 0. The maximum atomic E-state index is 9.98. The van der Waals surface area contributed by atoms with Gasteiger partial charge in [0.15, 0.2) is 0 Å². The van der Waals surface area contributed by atoms with Gasteiger partial charge in [0.05, 0.1) is 25.9 Å². The average molecular weight is 252 g/mol. The maximum absolute atomic E-state index is 9.98. The normalized spacial score (nSPS) is 11.8. The van der Waals surface area contributed by atoms with Crippen molar-refractivity contribution in [2.45, 2.75) is 13.0 Å². The lowest BCUT2D eigenvalue weighted by molar-refractivity contribution is -0.0332. The molecule has 1 atom stereocenters. The number of ether oxygens (including phenoxy) is 4. The fourth-order valence-corrected chi connectivity index (χ4v) is 0.864. The Morgan fingerprint density at radius 3 is 2.06 bits per heavy atom. The van der Waals surface area contributed by atoms with Crippen LogP contribution in [0.5, 0.6) is 0 Å². The molecule has 0 aliphatic rings. The molecule has 0 aromatic rings. The molecule has 8 nitrogen and oxygen atoms in total. The van der Waals surface area contributed by atoms with Crippen LogP contribution in [-0.2, 0) is 18.9 Å². The SMILES string of the molecule is CC(COCCOC(=O)O)OCCOC(=O)O. The fourth-order valence-electron chi connectivity index (χ4n) is 0.864. The molecule has 0 spiro atoms. The molecule has 8 heteroatoms. The van der Waals surface area contributed by atoms with Gasteiger partial charge in [0.2, 0.25) is 0 Å². The number of carbonyl (C=O) groups is 2. The van der Waals surface area contributed by atoms with Crippen molar-refractivity contribution < 1.29 is 38.7 Å². The predicted octanol–water partition coefficient (Wildman–Crippen LogP) is 0.797. The first kappa shape index (κ1) is 15.5. The Hall–Kier alpha value is -1.54. The van der Waals surface area contributed by atoms with Gasteiger partial charge in [0.25, 0.3) is 0 Å². The molecule has 0 aliphatic heterocycles. The Morgan fingerprint density at radius 2 is 1.53 bits per heavy atom. The summed E-state index contributed by atoms with van der Waals surface area (Å²) in [6.07, 6.45) is -2.93. The van der Waals surface area contributed by atoms with E-state index >= 15 is 0 Å². The van der Waals surface area contributed by atoms with Gasteiger partial charge in [-0.2, -0.15) is 0 Å². The van der Waals surface area contributed by atoms with E-state index in [1.807, 2.05) is 0 Å². The van der Waals surface area contributed by atoms with Crippen molar-refractivity contribution in [3.63, 3.8) is 0 Å². The molecule has 1 unspecified atom stereocenters. The van der Waals surface area contributed by atoms with Crippen LogP contribution in [0.15, 0.2) is 0 Å². The van der Waals surface area contributed by atoms with Crippen LogP contribution in [0.25, 0.3) is 0 Å². The van der Waals surface area contributed by atoms with E-state index in [1.165, 1.54) is 0 Å². The van der Waals surface area contributed by atoms with Crippen molar-refractivity contribution in [3.8, 4) is 0 Å². The van der Waals surface area contributed by atoms with Crippen LogP contribution < -0.4 is 0 Å². The summed E-state index contributed by atoms with van der Waals surface area (Å²) in [7, 11) is 0. The molecule has 0 amide bonds. The van der Waals surface area contributed by atoms with Crippen LogP contribution >= 0.6 is 0 Å². The summed E-state index contributed by atoms with van der Waals surface area (Å²) < 4.78 is 18.6. The summed E-state index contributed by atoms with van der Waals surface area (Å²) in [6.45, 7) is 2.20. The Balaban J connectivity index is 3.25. The lowest BCUT2D eigenvalue weighted by Crippen LogP contribution is -2.21. The van der Waals surface area contributed by atoms with Gasteiger partial charge in [-0.05, 0) is 6.92 Å². The Bertz CT molecular complexity index is 229. The van der Waals surface area contributed by atoms with Crippen LogP contribution in [0.3, 0.4) is 0 Å². The summed E-state index contributed by atoms with van der Waals surface area (Å²) in [4.78, 5) is 19.9. The number of hydrogen-bond donors (Lipinski definition) is 2. The summed E-state index contributed by atoms with van der Waals surface area (Å²) >= 11 is 0. The topological polar surface area (TPSA) is 112 Å². The zero-order valence-electron chi connectivity index (χ0n) is 9.46. The van der Waals surface area contributed by atoms with Crippen molar-refractivity contribution in [1.29, 1.82) is 0 Å². The van der Waals surface area contributed by atoms with Crippen LogP contribution in [0, 0.1) is 0 Å². The first-order chi connectivity index (χ1) is 8.02. The van der Waals surface area contributed by atoms with E-state index in [9.17, 15) is 9.59 Å². The number of carboxylic acid groups (broad SMARTS) is 2. The maximum Gasteiger partial charge on any atom is 0.505 e. The molecule has 0 aliphatic carbocycles. The molecular weight excluding hydrogens is 236 g/mol. The zero-order valence-corrected chi connectivity index (χ0v) is 9.46. The second-order valence-corrected chi connectivity index (χ2v) is 2.99. The van der Waals surface area contributed by atoms with Crippen LogP contribution in [0.2, 0.25) is 0 Å². The minimum atomic E-state index is -1.34. The van der Waals surface area contributed by atoms with Crippen molar-refractivity contribution in [3.05, 3.63) is 0 Å². The van der Waals surface area contributed by atoms with Gasteiger partial charge >= 0.3 is 12.3 Å². The molecule has 0 rings (SSSR count). The lowest BCUT2D eigenvalue weighted by atomic mass is 10.4. The van der Waals surface area contributed by atoms with Gasteiger partial charge < -0.3 is 29.2 Å². The smallest absolute Gasteiger partial charge is 0.450 e. The molecular formula is C9H16O8. The van der Waals surface area contributed by atoms with Gasteiger partial charge in [-0.25, -0.2) is 9.59 Å². The van der Waals surface area contributed by atoms with E-state index in [0.29, 0.717) is 0 Å². The second kappa shape index (κ2) is 9.67. The Kier molecular flexibility index (Phi) is 8.79. The van der Waals surface area contributed by atoms with Crippen LogP contribution in [0.1, 0.15) is 6.92 Å². The van der Waals surface area contributed by atoms with Gasteiger partial charge in [-0.3, -0.25) is 0 Å². The molecule has 0 bridgehead atoms. The fraction of sp³-hybridized carbons (Fsp3) is 0.778. The predicted molar refractivity (Wildman–Crippen MR) is 54.2 cm³/mol. The highest BCUT2D eigenvalue weighted by atomic mass is 16.7. The standard InChI is InChI=1S/C9H16O8/c1-7(15-4-5-17-9(12)13)6-14-2-3-16-8(10)11/h7H,2-6H2,1H3,(H,10,11)(H,12,13). The largest absolute Gasteiger partial charge is 0.505 e. The monoisotopic (exact) mass is 252 g/mol. The third kappa shape index (κ3) is 12.4. The first-order valence-corrected chi connectivity index (χ1v) is 4.93. The minimum Gasteiger partial charge on any atom is -0.450 e. The molecule has 0 saturated heterocycles. The number of rotatable bonds is 9. The van der Waals surface area contributed by atoms with Crippen molar-refractivity contribution >= 4 is 12.3 Å². The second-order valence-electron chi connectivity index (χ2n) is 2.99. The van der Waals surface area contributed by atoms with E-state index in [4.69, 9.17) is 19.7 Å². The van der Waals surface area contributed by atoms with Gasteiger partial charge in [0.1, 0.15) is 13.2 Å². The van der Waals surface area contributed by atoms with Gasteiger partial charge in [-0.15, -0.1) is 0 Å². The number of hydrogen-bond acceptors (Lipinski definition) is 6. The molecule has 0 fully saturated rings.